The molecule has 106 valence electrons. The smallest absolute Gasteiger partial charge is 0.108 e. The molecule has 0 heterocycles. The number of ether oxygens (including phenoxy) is 1. The maximum Gasteiger partial charge on any atom is 0.108 e. The maximum atomic E-state index is 7.44. The van der Waals surface area contributed by atoms with Gasteiger partial charge in [0.25, 0.3) is 0 Å². The zero-order valence-corrected chi connectivity index (χ0v) is 11.5. The van der Waals surface area contributed by atoms with Crippen molar-refractivity contribution < 1.29 is 13.0 Å². The highest BCUT2D eigenvalue weighted by Crippen LogP contribution is 2.28. The fraction of sp³-hybridized carbons (Fsp3) is 0.333. The molecule has 2 heteroatoms. The summed E-state index contributed by atoms with van der Waals surface area (Å²) in [7, 11) is 0. The monoisotopic (exact) mass is 275 g/mol. The molecule has 0 aliphatic carbocycles. The molecule has 0 N–H and O–H groups in total. The second-order valence-electron chi connectivity index (χ2n) is 4.67. The van der Waals surface area contributed by atoms with Crippen LogP contribution in [0.4, 0.5) is 0 Å². The Morgan fingerprint density at radius 1 is 1.05 bits per heavy atom. The van der Waals surface area contributed by atoms with Gasteiger partial charge in [-0.2, -0.15) is 0 Å². The molecule has 2 nitrogen and oxygen atoms in total. The van der Waals surface area contributed by atoms with Crippen molar-refractivity contribution >= 4 is 0 Å². The molecule has 0 saturated heterocycles. The predicted molar refractivity (Wildman–Crippen MR) is 84.0 cm³/mol. The van der Waals surface area contributed by atoms with Crippen LogP contribution < -0.4 is 0 Å². The first-order valence-corrected chi connectivity index (χ1v) is 6.60. The van der Waals surface area contributed by atoms with Gasteiger partial charge in [-0.05, 0) is 37.6 Å². The highest BCUT2D eigenvalue weighted by molar-refractivity contribution is 5.35. The van der Waals surface area contributed by atoms with Crippen molar-refractivity contribution in [1.29, 1.82) is 0 Å². The van der Waals surface area contributed by atoms with Crippen LogP contribution in [-0.4, -0.2) is 32.0 Å². The van der Waals surface area contributed by atoms with E-state index in [0.29, 0.717) is 4.90 Å². The van der Waals surface area contributed by atoms with E-state index in [9.17, 15) is 0 Å². The Balaban J connectivity index is 2.20. The normalized spacial score (nSPS) is 18.3. The molecule has 1 unspecified atom stereocenters. The Bertz CT molecular complexity index is 685. The highest BCUT2D eigenvalue weighted by Gasteiger charge is 2.16. The lowest BCUT2D eigenvalue weighted by Gasteiger charge is -2.22. The van der Waals surface area contributed by atoms with Crippen LogP contribution in [0, 0.1) is 6.92 Å². The molecule has 0 bridgehead atoms. The first-order valence-electron chi connectivity index (χ1n) is 9.60. The molecule has 0 radical (unpaired) electrons. The van der Waals surface area contributed by atoms with Crippen molar-refractivity contribution in [3.05, 3.63) is 71.3 Å². The van der Waals surface area contributed by atoms with Crippen LogP contribution in [0.1, 0.15) is 31.0 Å². The van der Waals surface area contributed by atoms with Crippen LogP contribution in [0.25, 0.3) is 0 Å². The van der Waals surface area contributed by atoms with Crippen molar-refractivity contribution in [2.24, 2.45) is 0 Å². The van der Waals surface area contributed by atoms with E-state index in [1.165, 1.54) is 0 Å². The largest absolute Gasteiger partial charge is 0.367 e. The zero-order valence-electron chi connectivity index (χ0n) is 17.5. The minimum atomic E-state index is -2.71. The molecule has 0 amide bonds. The molecule has 0 saturated carbocycles. The van der Waals surface area contributed by atoms with E-state index < -0.39 is 20.1 Å². The van der Waals surface area contributed by atoms with Crippen LogP contribution in [0.15, 0.2) is 54.6 Å². The van der Waals surface area contributed by atoms with Gasteiger partial charge in [-0.15, -0.1) is 0 Å². The fourth-order valence-corrected chi connectivity index (χ4v) is 2.14. The molecule has 1 atom stereocenters. The van der Waals surface area contributed by atoms with Crippen molar-refractivity contribution in [3.63, 3.8) is 0 Å². The molecular formula is C18H23NO. The summed E-state index contributed by atoms with van der Waals surface area (Å²) in [4.78, 5) is 0.514. The van der Waals surface area contributed by atoms with E-state index in [0.717, 1.165) is 16.7 Å². The Kier molecular flexibility index (Phi) is 3.11. The Hall–Kier alpha value is -1.64. The summed E-state index contributed by atoms with van der Waals surface area (Å²) >= 11 is 0. The minimum absolute atomic E-state index is 0.0231. The topological polar surface area (TPSA) is 12.5 Å². The standard InChI is InChI=1S/C18H23NO/c1-15-9-7-8-12-17(15)18(20-14-13-19(2)3)16-10-5-4-6-11-16/h4-12,18H,13-14H2,1-3H3/i2D3,3D3. The summed E-state index contributed by atoms with van der Waals surface area (Å²) in [5, 5.41) is 0. The lowest BCUT2D eigenvalue weighted by molar-refractivity contribution is 0.0683. The van der Waals surface area contributed by atoms with E-state index >= 15 is 0 Å². The molecule has 2 rings (SSSR count). The van der Waals surface area contributed by atoms with Gasteiger partial charge in [-0.25, -0.2) is 0 Å². The van der Waals surface area contributed by atoms with E-state index in [-0.39, 0.29) is 13.2 Å². The lowest BCUT2D eigenvalue weighted by Crippen LogP contribution is -2.20. The second-order valence-corrected chi connectivity index (χ2v) is 4.67. The number of likely N-dealkylation sites (N-methyl/N-ethyl adjacent to an activating group) is 1. The fourth-order valence-electron chi connectivity index (χ4n) is 2.14. The van der Waals surface area contributed by atoms with E-state index in [2.05, 4.69) is 0 Å². The van der Waals surface area contributed by atoms with Gasteiger partial charge in [0.05, 0.1) is 6.61 Å². The number of hydrogen-bond acceptors (Lipinski definition) is 2. The SMILES string of the molecule is [2H]C([2H])([2H])N(CCOC(c1ccccc1)c1ccccc1C)C([2H])([2H])[2H]. The first kappa shape index (κ1) is 8.60. The molecule has 0 spiro atoms. The molecule has 0 fully saturated rings. The van der Waals surface area contributed by atoms with Gasteiger partial charge in [0.2, 0.25) is 0 Å². The van der Waals surface area contributed by atoms with Crippen molar-refractivity contribution in [3.8, 4) is 0 Å². The van der Waals surface area contributed by atoms with Gasteiger partial charge in [0, 0.05) is 14.8 Å². The summed E-state index contributed by atoms with van der Waals surface area (Å²) in [6.45, 7) is -3.68. The van der Waals surface area contributed by atoms with Gasteiger partial charge < -0.3 is 9.64 Å². The molecule has 2 aromatic carbocycles. The average Bonchev–Trinajstić information content (AvgIpc) is 2.54. The number of hydrogen-bond donors (Lipinski definition) is 0. The van der Waals surface area contributed by atoms with Crippen LogP contribution in [0.5, 0.6) is 0 Å². The zero-order chi connectivity index (χ0) is 19.4. The van der Waals surface area contributed by atoms with Crippen LogP contribution in [-0.2, 0) is 4.74 Å². The van der Waals surface area contributed by atoms with Crippen LogP contribution in [0.2, 0.25) is 0 Å². The summed E-state index contributed by atoms with van der Waals surface area (Å²) < 4.78 is 50.6. The van der Waals surface area contributed by atoms with E-state index in [4.69, 9.17) is 13.0 Å². The third kappa shape index (κ3) is 3.92. The summed E-state index contributed by atoms with van der Waals surface area (Å²) in [6, 6.07) is 17.4. The molecule has 2 aromatic rings. The summed E-state index contributed by atoms with van der Waals surface area (Å²) in [5.41, 5.74) is 2.94. The molecule has 0 aromatic heterocycles. The summed E-state index contributed by atoms with van der Waals surface area (Å²) in [6.07, 6.45) is -0.396. The first-order chi connectivity index (χ1) is 12.1. The van der Waals surface area contributed by atoms with Crippen LogP contribution in [0.3, 0.4) is 0 Å². The number of nitrogens with zero attached hydrogens (tertiary/aromatic N) is 1. The van der Waals surface area contributed by atoms with Gasteiger partial charge in [-0.3, -0.25) is 0 Å². The van der Waals surface area contributed by atoms with Crippen molar-refractivity contribution in [2.75, 3.05) is 27.1 Å². The average molecular weight is 275 g/mol. The van der Waals surface area contributed by atoms with Gasteiger partial charge in [0.1, 0.15) is 6.10 Å². The van der Waals surface area contributed by atoms with E-state index in [1.807, 2.05) is 61.5 Å². The Morgan fingerprint density at radius 3 is 2.45 bits per heavy atom. The van der Waals surface area contributed by atoms with Crippen LogP contribution >= 0.6 is 0 Å². The van der Waals surface area contributed by atoms with Crippen molar-refractivity contribution in [1.82, 2.24) is 4.90 Å². The van der Waals surface area contributed by atoms with Gasteiger partial charge >= 0.3 is 0 Å². The highest BCUT2D eigenvalue weighted by atomic mass is 16.5. The Morgan fingerprint density at radius 2 is 1.75 bits per heavy atom. The van der Waals surface area contributed by atoms with Gasteiger partial charge in [-0.1, -0.05) is 54.6 Å². The molecule has 0 aliphatic heterocycles. The van der Waals surface area contributed by atoms with Crippen molar-refractivity contribution in [2.45, 2.75) is 13.0 Å². The third-order valence-electron chi connectivity index (χ3n) is 3.17. The number of benzene rings is 2. The number of rotatable bonds is 6. The summed E-state index contributed by atoms with van der Waals surface area (Å²) in [5.74, 6) is 0. The molecule has 20 heavy (non-hydrogen) atoms. The maximum absolute atomic E-state index is 7.44. The second kappa shape index (κ2) is 7.22. The van der Waals surface area contributed by atoms with Gasteiger partial charge in [0.15, 0.2) is 0 Å². The lowest BCUT2D eigenvalue weighted by atomic mass is 9.97. The minimum Gasteiger partial charge on any atom is -0.367 e. The van der Waals surface area contributed by atoms with E-state index in [1.54, 1.807) is 0 Å². The quantitative estimate of drug-likeness (QED) is 0.797. The molecular weight excluding hydrogens is 246 g/mol. The predicted octanol–water partition coefficient (Wildman–Crippen LogP) is 3.66. The third-order valence-corrected chi connectivity index (χ3v) is 3.17. The number of aryl methyl sites for hydroxylation is 1. The Labute approximate surface area is 130 Å². The molecule has 0 aliphatic rings.